The zero-order valence-electron chi connectivity index (χ0n) is 11.5. The second-order valence-corrected chi connectivity index (χ2v) is 6.09. The van der Waals surface area contributed by atoms with Crippen LogP contribution in [0.25, 0.3) is 0 Å². The van der Waals surface area contributed by atoms with Crippen molar-refractivity contribution < 1.29 is 4.74 Å². The summed E-state index contributed by atoms with van der Waals surface area (Å²) in [5, 5.41) is 4.14. The van der Waals surface area contributed by atoms with E-state index < -0.39 is 0 Å². The van der Waals surface area contributed by atoms with Crippen molar-refractivity contribution in [2.75, 3.05) is 13.7 Å². The Morgan fingerprint density at radius 3 is 2.60 bits per heavy atom. The Labute approximate surface area is 138 Å². The minimum absolute atomic E-state index is 0.140. The Morgan fingerprint density at radius 1 is 1.20 bits per heavy atom. The van der Waals surface area contributed by atoms with Gasteiger partial charge in [-0.1, -0.05) is 36.7 Å². The maximum atomic E-state index is 6.10. The fourth-order valence-electron chi connectivity index (χ4n) is 2.17. The lowest BCUT2D eigenvalue weighted by atomic mass is 9.98. The number of hydrogen-bond acceptors (Lipinski definition) is 2. The third-order valence-corrected chi connectivity index (χ3v) is 4.08. The molecular weight excluding hydrogens is 385 g/mol. The van der Waals surface area contributed by atoms with Gasteiger partial charge in [0.05, 0.1) is 18.2 Å². The molecule has 0 saturated carbocycles. The average Bonchev–Trinajstić information content (AvgIpc) is 2.45. The molecule has 0 aliphatic rings. The third kappa shape index (κ3) is 3.65. The molecular formula is C16H17ClINO. The van der Waals surface area contributed by atoms with E-state index in [0.29, 0.717) is 10.8 Å². The van der Waals surface area contributed by atoms with Gasteiger partial charge in [-0.15, -0.1) is 0 Å². The van der Waals surface area contributed by atoms with Gasteiger partial charge < -0.3 is 10.1 Å². The smallest absolute Gasteiger partial charge is 0.137 e. The van der Waals surface area contributed by atoms with Crippen molar-refractivity contribution in [3.8, 4) is 5.75 Å². The average molecular weight is 402 g/mol. The fourth-order valence-corrected chi connectivity index (χ4v) is 2.94. The molecule has 1 unspecified atom stereocenters. The molecule has 0 aliphatic heterocycles. The summed E-state index contributed by atoms with van der Waals surface area (Å²) in [6.07, 6.45) is 0. The first-order valence-corrected chi connectivity index (χ1v) is 7.93. The molecule has 0 radical (unpaired) electrons. The number of halogens is 2. The van der Waals surface area contributed by atoms with Crippen LogP contribution in [0, 0.1) is 3.57 Å². The monoisotopic (exact) mass is 401 g/mol. The van der Waals surface area contributed by atoms with Gasteiger partial charge >= 0.3 is 0 Å². The minimum atomic E-state index is 0.140. The molecule has 0 aromatic heterocycles. The van der Waals surface area contributed by atoms with E-state index in [2.05, 4.69) is 59.1 Å². The number of hydrogen-bond donors (Lipinski definition) is 1. The molecule has 0 saturated heterocycles. The lowest BCUT2D eigenvalue weighted by molar-refractivity contribution is 0.414. The number of nitrogens with one attached hydrogen (secondary N) is 1. The van der Waals surface area contributed by atoms with Crippen LogP contribution in [0.3, 0.4) is 0 Å². The standard InChI is InChI=1S/C16H17ClINO/c1-3-19-16(11-5-4-6-13(18)9-11)12-7-8-14(17)15(10-12)20-2/h4-10,16,19H,3H2,1-2H3. The van der Waals surface area contributed by atoms with Crippen LogP contribution >= 0.6 is 34.2 Å². The predicted molar refractivity (Wildman–Crippen MR) is 92.7 cm³/mol. The van der Waals surface area contributed by atoms with Crippen molar-refractivity contribution in [2.24, 2.45) is 0 Å². The highest BCUT2D eigenvalue weighted by Gasteiger charge is 2.15. The first kappa shape index (κ1) is 15.6. The topological polar surface area (TPSA) is 21.3 Å². The van der Waals surface area contributed by atoms with Crippen LogP contribution in [0.4, 0.5) is 0 Å². The van der Waals surface area contributed by atoms with Crippen LogP contribution in [0.2, 0.25) is 5.02 Å². The van der Waals surface area contributed by atoms with E-state index in [1.807, 2.05) is 18.2 Å². The maximum Gasteiger partial charge on any atom is 0.137 e. The van der Waals surface area contributed by atoms with Gasteiger partial charge in [-0.3, -0.25) is 0 Å². The molecule has 2 aromatic rings. The van der Waals surface area contributed by atoms with Crippen LogP contribution in [0.1, 0.15) is 24.1 Å². The SMILES string of the molecule is CCNC(c1cccc(I)c1)c1ccc(Cl)c(OC)c1. The number of benzene rings is 2. The lowest BCUT2D eigenvalue weighted by Crippen LogP contribution is -2.22. The van der Waals surface area contributed by atoms with Crippen molar-refractivity contribution in [2.45, 2.75) is 13.0 Å². The van der Waals surface area contributed by atoms with Crippen molar-refractivity contribution >= 4 is 34.2 Å². The van der Waals surface area contributed by atoms with E-state index in [9.17, 15) is 0 Å². The van der Waals surface area contributed by atoms with Crippen molar-refractivity contribution in [1.82, 2.24) is 5.32 Å². The molecule has 20 heavy (non-hydrogen) atoms. The molecule has 2 rings (SSSR count). The van der Waals surface area contributed by atoms with Crippen molar-refractivity contribution in [1.29, 1.82) is 0 Å². The molecule has 0 spiro atoms. The predicted octanol–water partition coefficient (Wildman–Crippen LogP) is 4.65. The van der Waals surface area contributed by atoms with Gasteiger partial charge in [0.25, 0.3) is 0 Å². The van der Waals surface area contributed by atoms with Gasteiger partial charge in [-0.2, -0.15) is 0 Å². The summed E-state index contributed by atoms with van der Waals surface area (Å²) in [7, 11) is 1.64. The van der Waals surface area contributed by atoms with Gasteiger partial charge in [-0.05, 0) is 64.5 Å². The minimum Gasteiger partial charge on any atom is -0.495 e. The highest BCUT2D eigenvalue weighted by molar-refractivity contribution is 14.1. The van der Waals surface area contributed by atoms with E-state index in [0.717, 1.165) is 12.1 Å². The van der Waals surface area contributed by atoms with E-state index in [1.54, 1.807) is 7.11 Å². The molecule has 1 atom stereocenters. The fraction of sp³-hybridized carbons (Fsp3) is 0.250. The highest BCUT2D eigenvalue weighted by Crippen LogP contribution is 2.30. The summed E-state index contributed by atoms with van der Waals surface area (Å²) in [5.74, 6) is 0.706. The molecule has 0 heterocycles. The first-order chi connectivity index (χ1) is 9.65. The Kier molecular flexibility index (Phi) is 5.69. The molecule has 0 aliphatic carbocycles. The number of rotatable bonds is 5. The Bertz CT molecular complexity index is 588. The zero-order chi connectivity index (χ0) is 14.5. The summed E-state index contributed by atoms with van der Waals surface area (Å²) >= 11 is 8.44. The first-order valence-electron chi connectivity index (χ1n) is 6.48. The van der Waals surface area contributed by atoms with Gasteiger partial charge in [-0.25, -0.2) is 0 Å². The maximum absolute atomic E-state index is 6.10. The Balaban J connectivity index is 2.42. The van der Waals surface area contributed by atoms with Crippen LogP contribution in [0.5, 0.6) is 5.75 Å². The largest absolute Gasteiger partial charge is 0.495 e. The molecule has 0 amide bonds. The normalized spacial score (nSPS) is 12.2. The van der Waals surface area contributed by atoms with Crippen LogP contribution in [-0.2, 0) is 0 Å². The van der Waals surface area contributed by atoms with E-state index >= 15 is 0 Å². The van der Waals surface area contributed by atoms with Crippen LogP contribution in [0.15, 0.2) is 42.5 Å². The van der Waals surface area contributed by atoms with Gasteiger partial charge in [0.1, 0.15) is 5.75 Å². The van der Waals surface area contributed by atoms with Gasteiger partial charge in [0.2, 0.25) is 0 Å². The summed E-state index contributed by atoms with van der Waals surface area (Å²) in [5.41, 5.74) is 2.39. The molecule has 1 N–H and O–H groups in total. The summed E-state index contributed by atoms with van der Waals surface area (Å²) in [4.78, 5) is 0. The Morgan fingerprint density at radius 2 is 1.95 bits per heavy atom. The van der Waals surface area contributed by atoms with Gasteiger partial charge in [0, 0.05) is 3.57 Å². The van der Waals surface area contributed by atoms with E-state index in [1.165, 1.54) is 9.13 Å². The van der Waals surface area contributed by atoms with Crippen LogP contribution < -0.4 is 10.1 Å². The lowest BCUT2D eigenvalue weighted by Gasteiger charge is -2.20. The highest BCUT2D eigenvalue weighted by atomic mass is 127. The van der Waals surface area contributed by atoms with Crippen LogP contribution in [-0.4, -0.2) is 13.7 Å². The molecule has 4 heteroatoms. The molecule has 106 valence electrons. The Hall–Kier alpha value is -0.780. The summed E-state index contributed by atoms with van der Waals surface area (Å²) in [6.45, 7) is 3.00. The second kappa shape index (κ2) is 7.29. The van der Waals surface area contributed by atoms with Crippen molar-refractivity contribution in [3.05, 3.63) is 62.2 Å². The molecule has 2 nitrogen and oxygen atoms in total. The van der Waals surface area contributed by atoms with E-state index in [4.69, 9.17) is 16.3 Å². The zero-order valence-corrected chi connectivity index (χ0v) is 14.4. The third-order valence-electron chi connectivity index (χ3n) is 3.10. The quantitative estimate of drug-likeness (QED) is 0.736. The van der Waals surface area contributed by atoms with E-state index in [-0.39, 0.29) is 6.04 Å². The number of methoxy groups -OCH3 is 1. The summed E-state index contributed by atoms with van der Waals surface area (Å²) in [6, 6.07) is 14.6. The molecule has 2 aromatic carbocycles. The second-order valence-electron chi connectivity index (χ2n) is 4.44. The number of ether oxygens (including phenoxy) is 1. The van der Waals surface area contributed by atoms with Gasteiger partial charge in [0.15, 0.2) is 0 Å². The van der Waals surface area contributed by atoms with Crippen molar-refractivity contribution in [3.63, 3.8) is 0 Å². The molecule has 0 bridgehead atoms. The molecule has 0 fully saturated rings. The summed E-state index contributed by atoms with van der Waals surface area (Å²) < 4.78 is 6.54.